The Morgan fingerprint density at radius 1 is 1.32 bits per heavy atom. The first-order valence-electron chi connectivity index (χ1n) is 8.53. The number of nitrogens with one attached hydrogen (secondary N) is 1. The predicted molar refractivity (Wildman–Crippen MR) is 82.9 cm³/mol. The summed E-state index contributed by atoms with van der Waals surface area (Å²) in [5.74, 6) is -4.59. The van der Waals surface area contributed by atoms with Crippen molar-refractivity contribution < 1.29 is 32.6 Å². The fourth-order valence-corrected chi connectivity index (χ4v) is 3.45. The summed E-state index contributed by atoms with van der Waals surface area (Å²) in [6, 6.07) is -0.634. The van der Waals surface area contributed by atoms with Crippen LogP contribution in [0.4, 0.5) is 18.0 Å². The van der Waals surface area contributed by atoms with Crippen LogP contribution in [0.3, 0.4) is 0 Å². The lowest BCUT2D eigenvalue weighted by Crippen LogP contribution is -2.43. The zero-order valence-corrected chi connectivity index (χ0v) is 14.4. The molecule has 2 aliphatic heterocycles. The molecule has 2 heterocycles. The van der Waals surface area contributed by atoms with Crippen molar-refractivity contribution in [2.75, 3.05) is 26.2 Å². The van der Waals surface area contributed by atoms with Gasteiger partial charge in [0.1, 0.15) is 0 Å². The summed E-state index contributed by atoms with van der Waals surface area (Å²) in [6.45, 7) is 4.03. The van der Waals surface area contributed by atoms with Gasteiger partial charge in [0.25, 0.3) is 0 Å². The molecular formula is C16H25F3N2O4. The minimum absolute atomic E-state index is 0.119. The number of alkyl halides is 3. The average molecular weight is 366 g/mol. The number of ether oxygens (including phenoxy) is 1. The number of carboxylic acid groups (broad SMARTS) is 1. The van der Waals surface area contributed by atoms with E-state index in [4.69, 9.17) is 9.84 Å². The molecule has 2 aliphatic rings. The van der Waals surface area contributed by atoms with E-state index in [0.29, 0.717) is 19.1 Å². The van der Waals surface area contributed by atoms with E-state index in [9.17, 15) is 22.8 Å². The second kappa shape index (κ2) is 7.80. The quantitative estimate of drug-likeness (QED) is 0.801. The third kappa shape index (κ3) is 4.99. The van der Waals surface area contributed by atoms with Crippen LogP contribution < -0.4 is 5.32 Å². The lowest BCUT2D eigenvalue weighted by Gasteiger charge is -2.32. The largest absolute Gasteiger partial charge is 0.481 e. The van der Waals surface area contributed by atoms with Crippen LogP contribution in [-0.2, 0) is 9.53 Å². The van der Waals surface area contributed by atoms with Gasteiger partial charge in [0.05, 0.1) is 17.9 Å². The topological polar surface area (TPSA) is 78.9 Å². The number of amides is 2. The zero-order valence-electron chi connectivity index (χ0n) is 14.4. The van der Waals surface area contributed by atoms with Crippen molar-refractivity contribution in [1.82, 2.24) is 10.2 Å². The van der Waals surface area contributed by atoms with Crippen LogP contribution in [0.15, 0.2) is 0 Å². The minimum Gasteiger partial charge on any atom is -0.481 e. The van der Waals surface area contributed by atoms with Crippen molar-refractivity contribution in [3.63, 3.8) is 0 Å². The number of hydrogen-bond donors (Lipinski definition) is 2. The van der Waals surface area contributed by atoms with Crippen LogP contribution in [0.1, 0.15) is 26.7 Å². The predicted octanol–water partition coefficient (Wildman–Crippen LogP) is 2.34. The molecule has 4 atom stereocenters. The lowest BCUT2D eigenvalue weighted by molar-refractivity contribution is -0.187. The van der Waals surface area contributed by atoms with E-state index in [1.807, 2.05) is 0 Å². The highest BCUT2D eigenvalue weighted by Crippen LogP contribution is 2.37. The van der Waals surface area contributed by atoms with Crippen molar-refractivity contribution >= 4 is 12.0 Å². The van der Waals surface area contributed by atoms with E-state index < -0.39 is 43.1 Å². The average Bonchev–Trinajstić information content (AvgIpc) is 2.99. The summed E-state index contributed by atoms with van der Waals surface area (Å²) in [5, 5.41) is 11.6. The van der Waals surface area contributed by atoms with E-state index in [1.165, 1.54) is 0 Å². The van der Waals surface area contributed by atoms with Gasteiger partial charge in [-0.25, -0.2) is 4.79 Å². The maximum atomic E-state index is 13.0. The van der Waals surface area contributed by atoms with E-state index in [2.05, 4.69) is 19.2 Å². The standard InChI is InChI=1S/C16H25F3N2O4/c1-9(2)13-5-10(3-4-25-13)6-20-15(24)21-7-11(14(22)23)12(8-21)16(17,18)19/h9-13H,3-8H2,1-2H3,(H,20,24)(H,22,23)/t10?,11-,12-,13?/m1/s1. The molecule has 0 spiro atoms. The first-order chi connectivity index (χ1) is 11.6. The number of carboxylic acids is 1. The van der Waals surface area contributed by atoms with Gasteiger partial charge < -0.3 is 20.1 Å². The Bertz CT molecular complexity index is 498. The maximum absolute atomic E-state index is 13.0. The summed E-state index contributed by atoms with van der Waals surface area (Å²) >= 11 is 0. The van der Waals surface area contributed by atoms with Crippen LogP contribution in [0.2, 0.25) is 0 Å². The van der Waals surface area contributed by atoms with Crippen molar-refractivity contribution in [2.45, 2.75) is 39.0 Å². The summed E-state index contributed by atoms with van der Waals surface area (Å²) in [5.41, 5.74) is 0. The van der Waals surface area contributed by atoms with Crippen molar-refractivity contribution in [1.29, 1.82) is 0 Å². The molecule has 144 valence electrons. The van der Waals surface area contributed by atoms with Crippen LogP contribution in [0.25, 0.3) is 0 Å². The third-order valence-electron chi connectivity index (χ3n) is 5.05. The Morgan fingerprint density at radius 2 is 2.00 bits per heavy atom. The van der Waals surface area contributed by atoms with Crippen LogP contribution in [0, 0.1) is 23.7 Å². The third-order valence-corrected chi connectivity index (χ3v) is 5.05. The van der Waals surface area contributed by atoms with Gasteiger partial charge in [-0.2, -0.15) is 13.2 Å². The Labute approximate surface area is 144 Å². The molecule has 0 aromatic carbocycles. The highest BCUT2D eigenvalue weighted by molar-refractivity contribution is 5.77. The Kier molecular flexibility index (Phi) is 6.18. The van der Waals surface area contributed by atoms with Gasteiger partial charge in [-0.1, -0.05) is 13.8 Å². The first kappa shape index (κ1) is 19.8. The highest BCUT2D eigenvalue weighted by Gasteiger charge is 2.53. The van der Waals surface area contributed by atoms with Gasteiger partial charge in [-0.3, -0.25) is 4.79 Å². The van der Waals surface area contributed by atoms with Crippen LogP contribution in [-0.4, -0.2) is 60.5 Å². The van der Waals surface area contributed by atoms with Crippen molar-refractivity contribution in [3.05, 3.63) is 0 Å². The summed E-state index contributed by atoms with van der Waals surface area (Å²) in [4.78, 5) is 24.2. The normalized spacial score (nSPS) is 30.6. The monoisotopic (exact) mass is 366 g/mol. The molecule has 6 nitrogen and oxygen atoms in total. The van der Waals surface area contributed by atoms with Crippen LogP contribution in [0.5, 0.6) is 0 Å². The Balaban J connectivity index is 1.88. The van der Waals surface area contributed by atoms with E-state index in [0.717, 1.165) is 17.7 Å². The number of urea groups is 1. The van der Waals surface area contributed by atoms with Gasteiger partial charge in [-0.05, 0) is 24.7 Å². The molecule has 2 rings (SSSR count). The molecule has 0 radical (unpaired) electrons. The molecular weight excluding hydrogens is 341 g/mol. The molecule has 2 N–H and O–H groups in total. The number of likely N-dealkylation sites (tertiary alicyclic amines) is 1. The highest BCUT2D eigenvalue weighted by atomic mass is 19.4. The Morgan fingerprint density at radius 3 is 2.52 bits per heavy atom. The van der Waals surface area contributed by atoms with E-state index in [-0.39, 0.29) is 12.0 Å². The second-order valence-corrected chi connectivity index (χ2v) is 7.23. The smallest absolute Gasteiger partial charge is 0.394 e. The number of carbonyl (C=O) groups excluding carboxylic acids is 1. The summed E-state index contributed by atoms with van der Waals surface area (Å²) in [7, 11) is 0. The molecule has 0 saturated carbocycles. The van der Waals surface area contributed by atoms with Gasteiger partial charge in [-0.15, -0.1) is 0 Å². The number of carbonyl (C=O) groups is 2. The number of hydrogen-bond acceptors (Lipinski definition) is 3. The molecule has 2 unspecified atom stereocenters. The molecule has 0 aromatic heterocycles. The molecule has 9 heteroatoms. The number of aliphatic carboxylic acids is 1. The number of rotatable bonds is 4. The molecule has 2 fully saturated rings. The summed E-state index contributed by atoms with van der Waals surface area (Å²) in [6.07, 6.45) is -2.94. The molecule has 2 saturated heterocycles. The fourth-order valence-electron chi connectivity index (χ4n) is 3.45. The SMILES string of the molecule is CC(C)C1CC(CNC(=O)N2C[C@@H](C(F)(F)F)[C@H](C(=O)O)C2)CCO1. The van der Waals surface area contributed by atoms with Gasteiger partial charge >= 0.3 is 18.2 Å². The first-order valence-corrected chi connectivity index (χ1v) is 8.53. The maximum Gasteiger partial charge on any atom is 0.394 e. The molecule has 0 aromatic rings. The number of halogens is 3. The van der Waals surface area contributed by atoms with Crippen molar-refractivity contribution in [3.8, 4) is 0 Å². The van der Waals surface area contributed by atoms with Gasteiger partial charge in [0, 0.05) is 26.2 Å². The minimum atomic E-state index is -4.64. The molecule has 0 aliphatic carbocycles. The summed E-state index contributed by atoms with van der Waals surface area (Å²) < 4.78 is 44.6. The van der Waals surface area contributed by atoms with Gasteiger partial charge in [0.15, 0.2) is 0 Å². The van der Waals surface area contributed by atoms with E-state index in [1.54, 1.807) is 0 Å². The Hall–Kier alpha value is -1.51. The van der Waals surface area contributed by atoms with Crippen LogP contribution >= 0.6 is 0 Å². The number of nitrogens with zero attached hydrogens (tertiary/aromatic N) is 1. The van der Waals surface area contributed by atoms with Crippen molar-refractivity contribution in [2.24, 2.45) is 23.7 Å². The second-order valence-electron chi connectivity index (χ2n) is 7.23. The molecule has 25 heavy (non-hydrogen) atoms. The molecule has 0 bridgehead atoms. The zero-order chi connectivity index (χ0) is 18.8. The lowest BCUT2D eigenvalue weighted by atomic mass is 9.90. The van der Waals surface area contributed by atoms with Gasteiger partial charge in [0.2, 0.25) is 0 Å². The molecule has 2 amide bonds. The van der Waals surface area contributed by atoms with E-state index >= 15 is 0 Å². The fraction of sp³-hybridized carbons (Fsp3) is 0.875.